The first-order chi connectivity index (χ1) is 9.29. The molecule has 0 fully saturated rings. The minimum atomic E-state index is -0.396. The van der Waals surface area contributed by atoms with Crippen molar-refractivity contribution in [2.45, 2.75) is 26.2 Å². The van der Waals surface area contributed by atoms with Gasteiger partial charge in [0.05, 0.1) is 12.1 Å². The first-order valence-electron chi connectivity index (χ1n) is 6.11. The van der Waals surface area contributed by atoms with Gasteiger partial charge in [-0.25, -0.2) is 4.98 Å². The Labute approximate surface area is 118 Å². The smallest absolute Gasteiger partial charge is 0.255 e. The van der Waals surface area contributed by atoms with Crippen molar-refractivity contribution in [3.8, 4) is 12.1 Å². The van der Waals surface area contributed by atoms with E-state index in [0.29, 0.717) is 11.3 Å². The number of nitrogen functional groups attached to an aromatic ring is 1. The van der Waals surface area contributed by atoms with E-state index < -0.39 is 5.91 Å². The molecule has 0 saturated carbocycles. The molecule has 1 aromatic rings. The Morgan fingerprint density at radius 2 is 1.85 bits per heavy atom. The summed E-state index contributed by atoms with van der Waals surface area (Å²) in [6, 6.07) is 6.85. The molecule has 6 nitrogen and oxygen atoms in total. The summed E-state index contributed by atoms with van der Waals surface area (Å²) < 4.78 is 0. The molecule has 1 amide bonds. The van der Waals surface area contributed by atoms with E-state index in [2.05, 4.69) is 4.98 Å². The second-order valence-electron chi connectivity index (χ2n) is 5.39. The third-order valence-corrected chi connectivity index (χ3v) is 2.67. The summed E-state index contributed by atoms with van der Waals surface area (Å²) in [6.07, 6.45) is 0. The SMILES string of the molecule is CC(C)(C)c1cc(C(=O)N(CC#N)CC#N)cc(N)n1. The second-order valence-corrected chi connectivity index (χ2v) is 5.39. The zero-order valence-corrected chi connectivity index (χ0v) is 11.8. The summed E-state index contributed by atoms with van der Waals surface area (Å²) >= 11 is 0. The lowest BCUT2D eigenvalue weighted by Crippen LogP contribution is -2.32. The van der Waals surface area contributed by atoms with Crippen LogP contribution in [0.4, 0.5) is 5.82 Å². The second kappa shape index (κ2) is 6.03. The van der Waals surface area contributed by atoms with Gasteiger partial charge in [-0.15, -0.1) is 0 Å². The van der Waals surface area contributed by atoms with Crippen LogP contribution in [0.25, 0.3) is 0 Å². The van der Waals surface area contributed by atoms with E-state index in [1.165, 1.54) is 11.0 Å². The number of nitriles is 2. The largest absolute Gasteiger partial charge is 0.384 e. The number of hydrogen-bond acceptors (Lipinski definition) is 5. The van der Waals surface area contributed by atoms with E-state index in [1.807, 2.05) is 32.9 Å². The molecular weight excluding hydrogens is 254 g/mol. The Balaban J connectivity index is 3.19. The third-order valence-electron chi connectivity index (χ3n) is 2.67. The summed E-state index contributed by atoms with van der Waals surface area (Å²) in [6.45, 7) is 5.61. The van der Waals surface area contributed by atoms with Gasteiger partial charge in [0.15, 0.2) is 0 Å². The van der Waals surface area contributed by atoms with Gasteiger partial charge < -0.3 is 10.6 Å². The Morgan fingerprint density at radius 1 is 1.30 bits per heavy atom. The average molecular weight is 271 g/mol. The molecule has 104 valence electrons. The molecule has 0 spiro atoms. The lowest BCUT2D eigenvalue weighted by Gasteiger charge is -2.21. The van der Waals surface area contributed by atoms with Crippen LogP contribution >= 0.6 is 0 Å². The fourth-order valence-corrected chi connectivity index (χ4v) is 1.61. The van der Waals surface area contributed by atoms with Crippen molar-refractivity contribution in [1.82, 2.24) is 9.88 Å². The number of carbonyl (C=O) groups is 1. The van der Waals surface area contributed by atoms with Crippen LogP contribution in [-0.4, -0.2) is 28.9 Å². The number of rotatable bonds is 3. The number of aromatic nitrogens is 1. The lowest BCUT2D eigenvalue weighted by molar-refractivity contribution is 0.0794. The van der Waals surface area contributed by atoms with Crippen LogP contribution in [0, 0.1) is 22.7 Å². The molecule has 6 heteroatoms. The third kappa shape index (κ3) is 3.69. The first-order valence-corrected chi connectivity index (χ1v) is 6.11. The van der Waals surface area contributed by atoms with Crippen LogP contribution in [0.15, 0.2) is 12.1 Å². The van der Waals surface area contributed by atoms with Gasteiger partial charge in [-0.05, 0) is 12.1 Å². The standard InChI is InChI=1S/C14H17N5O/c1-14(2,3)11-8-10(9-12(17)18-11)13(20)19(6-4-15)7-5-16/h8-9H,6-7H2,1-3H3,(H2,17,18). The summed E-state index contributed by atoms with van der Waals surface area (Å²) in [7, 11) is 0. The predicted octanol–water partition coefficient (Wildman–Crippen LogP) is 1.45. The van der Waals surface area contributed by atoms with Gasteiger partial charge in [-0.3, -0.25) is 4.79 Å². The van der Waals surface area contributed by atoms with E-state index in [4.69, 9.17) is 16.3 Å². The van der Waals surface area contributed by atoms with Crippen molar-refractivity contribution < 1.29 is 4.79 Å². The van der Waals surface area contributed by atoms with Crippen molar-refractivity contribution in [3.05, 3.63) is 23.4 Å². The van der Waals surface area contributed by atoms with Crippen molar-refractivity contribution in [1.29, 1.82) is 10.5 Å². The van der Waals surface area contributed by atoms with E-state index in [1.54, 1.807) is 6.07 Å². The minimum Gasteiger partial charge on any atom is -0.384 e. The molecule has 2 N–H and O–H groups in total. The number of pyridine rings is 1. The fourth-order valence-electron chi connectivity index (χ4n) is 1.61. The Hall–Kier alpha value is -2.60. The van der Waals surface area contributed by atoms with Gasteiger partial charge in [-0.1, -0.05) is 20.8 Å². The molecule has 0 aliphatic carbocycles. The van der Waals surface area contributed by atoms with Crippen LogP contribution in [0.3, 0.4) is 0 Å². The number of hydrogen-bond donors (Lipinski definition) is 1. The average Bonchev–Trinajstić information content (AvgIpc) is 2.36. The Bertz CT molecular complexity index is 573. The van der Waals surface area contributed by atoms with E-state index >= 15 is 0 Å². The quantitative estimate of drug-likeness (QED) is 0.837. The van der Waals surface area contributed by atoms with Crippen molar-refractivity contribution in [2.24, 2.45) is 0 Å². The Kier molecular flexibility index (Phi) is 4.66. The van der Waals surface area contributed by atoms with Gasteiger partial charge in [0.25, 0.3) is 5.91 Å². The van der Waals surface area contributed by atoms with Gasteiger partial charge in [0.2, 0.25) is 0 Å². The molecule has 0 aliphatic rings. The zero-order chi connectivity index (χ0) is 15.3. The molecule has 0 aliphatic heterocycles. The summed E-state index contributed by atoms with van der Waals surface area (Å²) in [5.74, 6) is -0.151. The number of carbonyl (C=O) groups excluding carboxylic acids is 1. The number of amides is 1. The van der Waals surface area contributed by atoms with Gasteiger partial charge in [0, 0.05) is 16.7 Å². The van der Waals surface area contributed by atoms with Crippen LogP contribution in [0.5, 0.6) is 0 Å². The highest BCUT2D eigenvalue weighted by atomic mass is 16.2. The molecule has 1 heterocycles. The van der Waals surface area contributed by atoms with Crippen LogP contribution in [0.1, 0.15) is 36.8 Å². The minimum absolute atomic E-state index is 0.139. The highest BCUT2D eigenvalue weighted by molar-refractivity contribution is 5.95. The Morgan fingerprint density at radius 3 is 2.30 bits per heavy atom. The highest BCUT2D eigenvalue weighted by Gasteiger charge is 2.21. The monoisotopic (exact) mass is 271 g/mol. The molecule has 0 unspecified atom stereocenters. The zero-order valence-electron chi connectivity index (χ0n) is 11.8. The molecular formula is C14H17N5O. The number of nitrogens with zero attached hydrogens (tertiary/aromatic N) is 4. The lowest BCUT2D eigenvalue weighted by atomic mass is 9.90. The van der Waals surface area contributed by atoms with Crippen molar-refractivity contribution in [2.75, 3.05) is 18.8 Å². The molecule has 0 saturated heterocycles. The summed E-state index contributed by atoms with van der Waals surface area (Å²) in [5, 5.41) is 17.4. The molecule has 0 bridgehead atoms. The van der Waals surface area contributed by atoms with Gasteiger partial charge in [-0.2, -0.15) is 10.5 Å². The van der Waals surface area contributed by atoms with Crippen LogP contribution in [0.2, 0.25) is 0 Å². The van der Waals surface area contributed by atoms with Crippen LogP contribution in [-0.2, 0) is 5.41 Å². The van der Waals surface area contributed by atoms with E-state index in [0.717, 1.165) is 0 Å². The van der Waals surface area contributed by atoms with Crippen LogP contribution < -0.4 is 5.73 Å². The maximum absolute atomic E-state index is 12.3. The van der Waals surface area contributed by atoms with Gasteiger partial charge >= 0.3 is 0 Å². The van der Waals surface area contributed by atoms with Crippen molar-refractivity contribution in [3.63, 3.8) is 0 Å². The maximum atomic E-state index is 12.3. The number of anilines is 1. The first kappa shape index (κ1) is 15.5. The topological polar surface area (TPSA) is 107 Å². The highest BCUT2D eigenvalue weighted by Crippen LogP contribution is 2.23. The van der Waals surface area contributed by atoms with Crippen molar-refractivity contribution >= 4 is 11.7 Å². The molecule has 1 aromatic heterocycles. The van der Waals surface area contributed by atoms with Gasteiger partial charge in [0.1, 0.15) is 18.9 Å². The maximum Gasteiger partial charge on any atom is 0.255 e. The molecule has 0 radical (unpaired) electrons. The summed E-state index contributed by atoms with van der Waals surface area (Å²) in [5.41, 5.74) is 6.51. The molecule has 0 aromatic carbocycles. The predicted molar refractivity (Wildman–Crippen MR) is 74.5 cm³/mol. The summed E-state index contributed by atoms with van der Waals surface area (Å²) in [4.78, 5) is 17.7. The number of nitrogens with two attached hydrogens (primary N) is 1. The van der Waals surface area contributed by atoms with E-state index in [9.17, 15) is 4.79 Å². The molecule has 20 heavy (non-hydrogen) atoms. The normalized spacial score (nSPS) is 10.4. The fraction of sp³-hybridized carbons (Fsp3) is 0.429. The molecule has 0 atom stereocenters. The van der Waals surface area contributed by atoms with E-state index in [-0.39, 0.29) is 24.3 Å². The molecule has 1 rings (SSSR count).